The Labute approximate surface area is 183 Å². The average Bonchev–Trinajstić information content (AvgIpc) is 3.18. The van der Waals surface area contributed by atoms with Crippen LogP contribution in [0.2, 0.25) is 0 Å². The Morgan fingerprint density at radius 2 is 1.97 bits per heavy atom. The number of morpholine rings is 1. The molecule has 2 aliphatic rings. The summed E-state index contributed by atoms with van der Waals surface area (Å²) in [5.41, 5.74) is 1.33. The van der Waals surface area contributed by atoms with Crippen LogP contribution in [0, 0.1) is 5.82 Å². The van der Waals surface area contributed by atoms with Crippen molar-refractivity contribution >= 4 is 23.4 Å². The molecule has 170 valence electrons. The second-order valence-electron chi connectivity index (χ2n) is 7.56. The molecule has 0 aromatic heterocycles. The van der Waals surface area contributed by atoms with E-state index in [-0.39, 0.29) is 30.0 Å². The summed E-state index contributed by atoms with van der Waals surface area (Å²) < 4.78 is 25.3. The number of aromatic hydroxyl groups is 1. The first kappa shape index (κ1) is 21.8. The lowest BCUT2D eigenvalue weighted by atomic mass is 10.1. The van der Waals surface area contributed by atoms with Gasteiger partial charge in [0.25, 0.3) is 5.91 Å². The van der Waals surface area contributed by atoms with Gasteiger partial charge in [-0.25, -0.2) is 9.18 Å². The van der Waals surface area contributed by atoms with E-state index in [1.54, 1.807) is 12.1 Å². The van der Waals surface area contributed by atoms with E-state index >= 15 is 0 Å². The van der Waals surface area contributed by atoms with Crippen LogP contribution in [0.15, 0.2) is 36.4 Å². The Hall–Kier alpha value is -3.37. The van der Waals surface area contributed by atoms with Crippen LogP contribution >= 0.6 is 0 Å². The Balaban J connectivity index is 1.37. The lowest BCUT2D eigenvalue weighted by molar-refractivity contribution is 0.0916. The van der Waals surface area contributed by atoms with Gasteiger partial charge in [-0.2, -0.15) is 0 Å². The molecule has 9 nitrogen and oxygen atoms in total. The van der Waals surface area contributed by atoms with Crippen molar-refractivity contribution < 1.29 is 33.7 Å². The first-order chi connectivity index (χ1) is 15.5. The fourth-order valence-corrected chi connectivity index (χ4v) is 3.73. The molecule has 2 amide bonds. The Morgan fingerprint density at radius 3 is 2.69 bits per heavy atom. The average molecular weight is 445 g/mol. The van der Waals surface area contributed by atoms with E-state index in [1.165, 1.54) is 29.2 Å². The number of nitrogens with zero attached hydrogens (tertiary/aromatic N) is 2. The lowest BCUT2D eigenvalue weighted by Gasteiger charge is -2.29. The van der Waals surface area contributed by atoms with Crippen LogP contribution in [0.1, 0.15) is 15.9 Å². The summed E-state index contributed by atoms with van der Waals surface area (Å²) in [7, 11) is 0. The van der Waals surface area contributed by atoms with Gasteiger partial charge in [-0.05, 0) is 36.4 Å². The standard InChI is InChI=1S/C22H24FN3O6/c23-18-10-16(2-3-19(18)25-5-7-31-8-6-25)26-12-17(32-22(26)30)11-24-21(29)14-1-4-20(28)15(9-14)13-27/h1-4,9-10,17,27-28H,5-8,11-13H2,(H,24,29)/t17-/m0/s1. The highest BCUT2D eigenvalue weighted by atomic mass is 19.1. The first-order valence-corrected chi connectivity index (χ1v) is 10.3. The molecule has 0 bridgehead atoms. The minimum Gasteiger partial charge on any atom is -0.508 e. The van der Waals surface area contributed by atoms with Gasteiger partial charge in [0.05, 0.1) is 44.3 Å². The highest BCUT2D eigenvalue weighted by molar-refractivity contribution is 5.95. The lowest BCUT2D eigenvalue weighted by Crippen LogP contribution is -2.37. The summed E-state index contributed by atoms with van der Waals surface area (Å²) in [4.78, 5) is 27.9. The number of halogens is 1. The van der Waals surface area contributed by atoms with Gasteiger partial charge < -0.3 is 29.9 Å². The summed E-state index contributed by atoms with van der Waals surface area (Å²) in [6.45, 7) is 2.10. The van der Waals surface area contributed by atoms with Gasteiger partial charge in [0, 0.05) is 24.2 Å². The second-order valence-corrected chi connectivity index (χ2v) is 7.56. The largest absolute Gasteiger partial charge is 0.508 e. The topological polar surface area (TPSA) is 112 Å². The SMILES string of the molecule is O=C(NC[C@H]1CN(c2ccc(N3CCOCC3)c(F)c2)C(=O)O1)c1ccc(O)c(CO)c1. The van der Waals surface area contributed by atoms with Crippen LogP contribution in [-0.2, 0) is 16.1 Å². The zero-order chi connectivity index (χ0) is 22.7. The molecule has 0 unspecified atom stereocenters. The number of anilines is 2. The Bertz CT molecular complexity index is 1010. The highest BCUT2D eigenvalue weighted by Gasteiger charge is 2.33. The number of carbonyl (C=O) groups excluding carboxylic acids is 2. The van der Waals surface area contributed by atoms with Gasteiger partial charge in [-0.1, -0.05) is 0 Å². The number of rotatable bonds is 6. The predicted octanol–water partition coefficient (Wildman–Crippen LogP) is 1.62. The number of hydrogen-bond donors (Lipinski definition) is 3. The number of hydrogen-bond acceptors (Lipinski definition) is 7. The number of amides is 2. The molecule has 0 saturated carbocycles. The van der Waals surface area contributed by atoms with Crippen LogP contribution in [0.4, 0.5) is 20.6 Å². The smallest absolute Gasteiger partial charge is 0.414 e. The maximum Gasteiger partial charge on any atom is 0.414 e. The van der Waals surface area contributed by atoms with E-state index in [2.05, 4.69) is 5.32 Å². The fraction of sp³-hybridized carbons (Fsp3) is 0.364. The van der Waals surface area contributed by atoms with Crippen LogP contribution in [0.25, 0.3) is 0 Å². The maximum atomic E-state index is 14.7. The number of phenols is 1. The van der Waals surface area contributed by atoms with Crippen LogP contribution in [0.5, 0.6) is 5.75 Å². The zero-order valence-corrected chi connectivity index (χ0v) is 17.3. The molecule has 2 aromatic rings. The summed E-state index contributed by atoms with van der Waals surface area (Å²) in [5.74, 6) is -0.965. The third kappa shape index (κ3) is 4.61. The minimum atomic E-state index is -0.616. The number of benzene rings is 2. The second kappa shape index (κ2) is 9.41. The van der Waals surface area contributed by atoms with E-state index in [1.807, 2.05) is 4.90 Å². The highest BCUT2D eigenvalue weighted by Crippen LogP contribution is 2.28. The molecule has 0 radical (unpaired) electrons. The molecule has 2 aromatic carbocycles. The van der Waals surface area contributed by atoms with Crippen molar-refractivity contribution in [2.45, 2.75) is 12.7 Å². The number of aliphatic hydroxyl groups is 1. The van der Waals surface area contributed by atoms with Crippen molar-refractivity contribution in [1.82, 2.24) is 5.32 Å². The van der Waals surface area contributed by atoms with Gasteiger partial charge in [0.2, 0.25) is 0 Å². The molecule has 2 aliphatic heterocycles. The van der Waals surface area contributed by atoms with Crippen molar-refractivity contribution in [3.63, 3.8) is 0 Å². The van der Waals surface area contributed by atoms with Crippen LogP contribution in [-0.4, -0.2) is 67.7 Å². The Kier molecular flexibility index (Phi) is 6.42. The van der Waals surface area contributed by atoms with E-state index in [4.69, 9.17) is 9.47 Å². The molecular weight excluding hydrogens is 421 g/mol. The quantitative estimate of drug-likeness (QED) is 0.620. The number of carbonyl (C=O) groups is 2. The van der Waals surface area contributed by atoms with Gasteiger partial charge in [-0.3, -0.25) is 9.69 Å². The molecule has 1 atom stereocenters. The monoisotopic (exact) mass is 445 g/mol. The molecule has 4 rings (SSSR count). The van der Waals surface area contributed by atoms with Crippen LogP contribution in [0.3, 0.4) is 0 Å². The molecule has 3 N–H and O–H groups in total. The summed E-state index contributed by atoms with van der Waals surface area (Å²) in [5, 5.41) is 21.5. The molecule has 2 fully saturated rings. The zero-order valence-electron chi connectivity index (χ0n) is 17.3. The molecule has 0 aliphatic carbocycles. The molecule has 2 heterocycles. The van der Waals surface area contributed by atoms with Gasteiger partial charge >= 0.3 is 6.09 Å². The molecule has 2 saturated heterocycles. The molecule has 0 spiro atoms. The first-order valence-electron chi connectivity index (χ1n) is 10.3. The van der Waals surface area contributed by atoms with Gasteiger partial charge in [0.15, 0.2) is 0 Å². The summed E-state index contributed by atoms with van der Waals surface area (Å²) in [6.07, 6.45) is -1.22. The Morgan fingerprint density at radius 1 is 1.19 bits per heavy atom. The molecular formula is C22H24FN3O6. The maximum absolute atomic E-state index is 14.7. The number of cyclic esters (lactones) is 1. The van der Waals surface area contributed by atoms with E-state index in [0.717, 1.165) is 0 Å². The fourth-order valence-electron chi connectivity index (χ4n) is 3.73. The van der Waals surface area contributed by atoms with Crippen LogP contribution < -0.4 is 15.1 Å². The molecule has 32 heavy (non-hydrogen) atoms. The normalized spacial score (nSPS) is 18.6. The summed E-state index contributed by atoms with van der Waals surface area (Å²) in [6, 6.07) is 8.75. The van der Waals surface area contributed by atoms with Crippen molar-refractivity contribution in [2.24, 2.45) is 0 Å². The van der Waals surface area contributed by atoms with E-state index in [0.29, 0.717) is 37.7 Å². The summed E-state index contributed by atoms with van der Waals surface area (Å²) >= 11 is 0. The van der Waals surface area contributed by atoms with Gasteiger partial charge in [0.1, 0.15) is 17.7 Å². The van der Waals surface area contributed by atoms with E-state index in [9.17, 15) is 24.2 Å². The number of aliphatic hydroxyl groups excluding tert-OH is 1. The van der Waals surface area contributed by atoms with Crippen molar-refractivity contribution in [1.29, 1.82) is 0 Å². The van der Waals surface area contributed by atoms with E-state index < -0.39 is 30.5 Å². The predicted molar refractivity (Wildman–Crippen MR) is 113 cm³/mol. The number of nitrogens with one attached hydrogen (secondary N) is 1. The van der Waals surface area contributed by atoms with Crippen molar-refractivity contribution in [3.8, 4) is 5.75 Å². The molecule has 10 heteroatoms. The third-order valence-electron chi connectivity index (χ3n) is 5.47. The minimum absolute atomic E-state index is 0.0603. The third-order valence-corrected chi connectivity index (χ3v) is 5.47. The van der Waals surface area contributed by atoms with Crippen molar-refractivity contribution in [3.05, 3.63) is 53.3 Å². The number of ether oxygens (including phenoxy) is 2. The van der Waals surface area contributed by atoms with Crippen molar-refractivity contribution in [2.75, 3.05) is 49.2 Å². The van der Waals surface area contributed by atoms with Gasteiger partial charge in [-0.15, -0.1) is 0 Å².